The predicted octanol–water partition coefficient (Wildman–Crippen LogP) is 1.43. The van der Waals surface area contributed by atoms with Crippen LogP contribution in [0.3, 0.4) is 0 Å². The van der Waals surface area contributed by atoms with Gasteiger partial charge in [-0.2, -0.15) is 0 Å². The van der Waals surface area contributed by atoms with Crippen molar-refractivity contribution >= 4 is 5.91 Å². The van der Waals surface area contributed by atoms with Crippen LogP contribution in [0.1, 0.15) is 29.3 Å². The number of nitrogens with one attached hydrogen (secondary N) is 2. The Morgan fingerprint density at radius 1 is 1.35 bits per heavy atom. The third kappa shape index (κ3) is 4.44. The summed E-state index contributed by atoms with van der Waals surface area (Å²) < 4.78 is 0. The molecule has 0 aliphatic heterocycles. The molecule has 0 radical (unpaired) electrons. The van der Waals surface area contributed by atoms with E-state index in [1.807, 2.05) is 0 Å². The molecule has 94 valence electrons. The molecule has 0 heterocycles. The van der Waals surface area contributed by atoms with Gasteiger partial charge in [0.05, 0.1) is 0 Å². The lowest BCUT2D eigenvalue weighted by molar-refractivity contribution is 0.0953. The third-order valence-corrected chi connectivity index (χ3v) is 2.52. The monoisotopic (exact) mass is 236 g/mol. The van der Waals surface area contributed by atoms with Gasteiger partial charge in [0.25, 0.3) is 5.91 Å². The molecule has 1 amide bonds. The Kier molecular flexibility index (Phi) is 5.49. The molecule has 0 bridgehead atoms. The molecule has 0 fully saturated rings. The number of hydrogen-bond acceptors (Lipinski definition) is 3. The Hall–Kier alpha value is -1.55. The summed E-state index contributed by atoms with van der Waals surface area (Å²) in [5.74, 6) is 0.123. The summed E-state index contributed by atoms with van der Waals surface area (Å²) in [4.78, 5) is 11.7. The smallest absolute Gasteiger partial charge is 0.251 e. The zero-order chi connectivity index (χ0) is 12.7. The fourth-order valence-electron chi connectivity index (χ4n) is 1.49. The molecule has 1 rings (SSSR count). The van der Waals surface area contributed by atoms with Crippen LogP contribution in [0, 0.1) is 6.92 Å². The van der Waals surface area contributed by atoms with Gasteiger partial charge in [0, 0.05) is 12.1 Å². The van der Waals surface area contributed by atoms with Crippen LogP contribution in [-0.2, 0) is 0 Å². The first kappa shape index (κ1) is 13.5. The number of aromatic hydroxyl groups is 1. The first-order valence-electron chi connectivity index (χ1n) is 5.93. The lowest BCUT2D eigenvalue weighted by Gasteiger charge is -2.07. The Morgan fingerprint density at radius 2 is 2.12 bits per heavy atom. The predicted molar refractivity (Wildman–Crippen MR) is 68.3 cm³/mol. The van der Waals surface area contributed by atoms with Crippen molar-refractivity contribution in [2.45, 2.75) is 20.3 Å². The van der Waals surface area contributed by atoms with Gasteiger partial charge in [-0.3, -0.25) is 4.79 Å². The number of aryl methyl sites for hydroxylation is 1. The van der Waals surface area contributed by atoms with E-state index >= 15 is 0 Å². The van der Waals surface area contributed by atoms with Gasteiger partial charge in [-0.05, 0) is 50.2 Å². The van der Waals surface area contributed by atoms with Crippen LogP contribution < -0.4 is 10.6 Å². The zero-order valence-electron chi connectivity index (χ0n) is 10.4. The topological polar surface area (TPSA) is 61.4 Å². The number of carbonyl (C=O) groups is 1. The quantitative estimate of drug-likeness (QED) is 0.655. The van der Waals surface area contributed by atoms with Gasteiger partial charge in [-0.1, -0.05) is 6.92 Å². The van der Waals surface area contributed by atoms with E-state index in [1.54, 1.807) is 25.1 Å². The summed E-state index contributed by atoms with van der Waals surface area (Å²) in [6.45, 7) is 6.34. The lowest BCUT2D eigenvalue weighted by atomic mass is 10.1. The van der Waals surface area contributed by atoms with Gasteiger partial charge in [0.1, 0.15) is 5.75 Å². The standard InChI is InChI=1S/C13H20N2O2/c1-3-14-7-4-8-15-13(17)11-5-6-12(16)10(2)9-11/h5-6,9,14,16H,3-4,7-8H2,1-2H3,(H,15,17). The average molecular weight is 236 g/mol. The number of carbonyl (C=O) groups excluding carboxylic acids is 1. The summed E-state index contributed by atoms with van der Waals surface area (Å²) in [7, 11) is 0. The maximum Gasteiger partial charge on any atom is 0.251 e. The van der Waals surface area contributed by atoms with E-state index in [9.17, 15) is 9.90 Å². The van der Waals surface area contributed by atoms with Crippen LogP contribution >= 0.6 is 0 Å². The highest BCUT2D eigenvalue weighted by atomic mass is 16.3. The van der Waals surface area contributed by atoms with Crippen molar-refractivity contribution in [2.24, 2.45) is 0 Å². The van der Waals surface area contributed by atoms with E-state index in [0.717, 1.165) is 19.5 Å². The normalized spacial score (nSPS) is 10.2. The van der Waals surface area contributed by atoms with Gasteiger partial charge >= 0.3 is 0 Å². The van der Waals surface area contributed by atoms with E-state index in [-0.39, 0.29) is 11.7 Å². The van der Waals surface area contributed by atoms with Crippen LogP contribution in [0.25, 0.3) is 0 Å². The molecule has 3 N–H and O–H groups in total. The maximum atomic E-state index is 11.7. The molecule has 0 spiro atoms. The van der Waals surface area contributed by atoms with Crippen LogP contribution in [0.5, 0.6) is 5.75 Å². The van der Waals surface area contributed by atoms with Crippen molar-refractivity contribution in [1.29, 1.82) is 0 Å². The Bertz CT molecular complexity index is 378. The van der Waals surface area contributed by atoms with Crippen LogP contribution in [0.4, 0.5) is 0 Å². The van der Waals surface area contributed by atoms with Gasteiger partial charge in [0.15, 0.2) is 0 Å². The van der Waals surface area contributed by atoms with Crippen molar-refractivity contribution in [3.05, 3.63) is 29.3 Å². The SMILES string of the molecule is CCNCCCNC(=O)c1ccc(O)c(C)c1. The second-order valence-corrected chi connectivity index (χ2v) is 3.96. The summed E-state index contributed by atoms with van der Waals surface area (Å²) in [6.07, 6.45) is 0.913. The largest absolute Gasteiger partial charge is 0.508 e. The molecule has 0 aromatic heterocycles. The highest BCUT2D eigenvalue weighted by Gasteiger charge is 2.06. The molecule has 4 heteroatoms. The summed E-state index contributed by atoms with van der Waals surface area (Å²) >= 11 is 0. The molecule has 0 unspecified atom stereocenters. The van der Waals surface area contributed by atoms with Gasteiger partial charge in [0.2, 0.25) is 0 Å². The molecule has 0 atom stereocenters. The van der Waals surface area contributed by atoms with Crippen LogP contribution in [0.15, 0.2) is 18.2 Å². The molecule has 0 aliphatic rings. The maximum absolute atomic E-state index is 11.7. The molecule has 0 saturated carbocycles. The fourth-order valence-corrected chi connectivity index (χ4v) is 1.49. The first-order valence-corrected chi connectivity index (χ1v) is 5.93. The second-order valence-electron chi connectivity index (χ2n) is 3.96. The number of benzene rings is 1. The van der Waals surface area contributed by atoms with Crippen LogP contribution in [0.2, 0.25) is 0 Å². The minimum Gasteiger partial charge on any atom is -0.508 e. The van der Waals surface area contributed by atoms with Gasteiger partial charge in [-0.15, -0.1) is 0 Å². The Morgan fingerprint density at radius 3 is 2.76 bits per heavy atom. The zero-order valence-corrected chi connectivity index (χ0v) is 10.4. The highest BCUT2D eigenvalue weighted by Crippen LogP contribution is 2.16. The van der Waals surface area contributed by atoms with Crippen molar-refractivity contribution in [3.8, 4) is 5.75 Å². The Labute approximate surface area is 102 Å². The van der Waals surface area contributed by atoms with Gasteiger partial charge < -0.3 is 15.7 Å². The number of amides is 1. The van der Waals surface area contributed by atoms with Gasteiger partial charge in [-0.25, -0.2) is 0 Å². The van der Waals surface area contributed by atoms with Crippen molar-refractivity contribution in [2.75, 3.05) is 19.6 Å². The first-order chi connectivity index (χ1) is 8.15. The minimum absolute atomic E-state index is 0.0930. The molecule has 0 saturated heterocycles. The summed E-state index contributed by atoms with van der Waals surface area (Å²) in [5, 5.41) is 15.4. The molecule has 1 aromatic rings. The summed E-state index contributed by atoms with van der Waals surface area (Å²) in [6, 6.07) is 4.86. The third-order valence-electron chi connectivity index (χ3n) is 2.52. The van der Waals surface area contributed by atoms with Crippen LogP contribution in [-0.4, -0.2) is 30.6 Å². The number of phenolic OH excluding ortho intramolecular Hbond substituents is 1. The van der Waals surface area contributed by atoms with E-state index in [0.29, 0.717) is 17.7 Å². The minimum atomic E-state index is -0.0930. The van der Waals surface area contributed by atoms with E-state index in [4.69, 9.17) is 0 Å². The lowest BCUT2D eigenvalue weighted by Crippen LogP contribution is -2.27. The molecular weight excluding hydrogens is 216 g/mol. The highest BCUT2D eigenvalue weighted by molar-refractivity contribution is 5.94. The molecule has 4 nitrogen and oxygen atoms in total. The van der Waals surface area contributed by atoms with E-state index in [2.05, 4.69) is 17.6 Å². The number of rotatable bonds is 6. The average Bonchev–Trinajstić information content (AvgIpc) is 2.32. The molecule has 17 heavy (non-hydrogen) atoms. The van der Waals surface area contributed by atoms with Crippen molar-refractivity contribution in [1.82, 2.24) is 10.6 Å². The number of phenols is 1. The summed E-state index contributed by atoms with van der Waals surface area (Å²) in [5.41, 5.74) is 1.30. The van der Waals surface area contributed by atoms with E-state index < -0.39 is 0 Å². The fraction of sp³-hybridized carbons (Fsp3) is 0.462. The Balaban J connectivity index is 2.39. The molecule has 1 aromatic carbocycles. The van der Waals surface area contributed by atoms with Crippen molar-refractivity contribution < 1.29 is 9.90 Å². The number of hydrogen-bond donors (Lipinski definition) is 3. The van der Waals surface area contributed by atoms with Crippen molar-refractivity contribution in [3.63, 3.8) is 0 Å². The second kappa shape index (κ2) is 6.91. The molecular formula is C13H20N2O2. The molecule has 0 aliphatic carbocycles. The van der Waals surface area contributed by atoms with E-state index in [1.165, 1.54) is 0 Å².